The minimum absolute atomic E-state index is 0.0482. The maximum Gasteiger partial charge on any atom is 0.193 e. The van der Waals surface area contributed by atoms with Gasteiger partial charge >= 0.3 is 0 Å². The van der Waals surface area contributed by atoms with E-state index in [-0.39, 0.29) is 5.78 Å². The summed E-state index contributed by atoms with van der Waals surface area (Å²) in [5.74, 6) is 3.32. The second-order valence-corrected chi connectivity index (χ2v) is 14.1. The standard InChI is InChI=1S/C30H28O2Si/c1-4-33(5-2,6-3)16-15-30(32)27-19-23-13-9-7-11-21(23)17-25(27)29(31)26-18-22-12-8-10-14-24(22)20-28(26)30/h7-14,17-20,32H,4-6H2,1-3H3. The van der Waals surface area contributed by atoms with Crippen LogP contribution < -0.4 is 0 Å². The van der Waals surface area contributed by atoms with Crippen LogP contribution in [0.2, 0.25) is 18.1 Å². The molecule has 2 nitrogen and oxygen atoms in total. The van der Waals surface area contributed by atoms with Crippen LogP contribution in [0.15, 0.2) is 72.8 Å². The van der Waals surface area contributed by atoms with E-state index in [9.17, 15) is 9.90 Å². The van der Waals surface area contributed by atoms with E-state index >= 15 is 0 Å². The van der Waals surface area contributed by atoms with E-state index in [1.165, 1.54) is 0 Å². The first-order valence-corrected chi connectivity index (χ1v) is 14.4. The summed E-state index contributed by atoms with van der Waals surface area (Å²) in [6.45, 7) is 6.64. The van der Waals surface area contributed by atoms with Crippen molar-refractivity contribution in [1.82, 2.24) is 0 Å². The average molecular weight is 449 g/mol. The number of carbonyl (C=O) groups excluding carboxylic acids is 1. The maximum absolute atomic E-state index is 13.7. The average Bonchev–Trinajstić information content (AvgIpc) is 2.87. The molecule has 0 heterocycles. The number of aliphatic hydroxyl groups is 1. The van der Waals surface area contributed by atoms with Gasteiger partial charge in [-0.15, -0.1) is 5.54 Å². The molecule has 5 rings (SSSR count). The monoisotopic (exact) mass is 448 g/mol. The van der Waals surface area contributed by atoms with Gasteiger partial charge in [0.05, 0.1) is 0 Å². The summed E-state index contributed by atoms with van der Waals surface area (Å²) < 4.78 is 0. The highest BCUT2D eigenvalue weighted by Crippen LogP contribution is 2.43. The van der Waals surface area contributed by atoms with Crippen LogP contribution in [0, 0.1) is 11.5 Å². The van der Waals surface area contributed by atoms with Crippen molar-refractivity contribution in [1.29, 1.82) is 0 Å². The lowest BCUT2D eigenvalue weighted by atomic mass is 9.73. The summed E-state index contributed by atoms with van der Waals surface area (Å²) in [7, 11) is -1.82. The third kappa shape index (κ3) is 3.33. The van der Waals surface area contributed by atoms with Crippen molar-refractivity contribution < 1.29 is 9.90 Å². The molecule has 164 valence electrons. The molecule has 0 aliphatic heterocycles. The van der Waals surface area contributed by atoms with Crippen molar-refractivity contribution in [3.63, 3.8) is 0 Å². The molecule has 1 aliphatic rings. The molecule has 0 aromatic heterocycles. The summed E-state index contributed by atoms with van der Waals surface area (Å²) in [5.41, 5.74) is 4.39. The van der Waals surface area contributed by atoms with Crippen LogP contribution in [-0.2, 0) is 5.60 Å². The summed E-state index contributed by atoms with van der Waals surface area (Å²) in [5, 5.41) is 16.3. The number of benzene rings is 4. The van der Waals surface area contributed by atoms with Gasteiger partial charge in [0.25, 0.3) is 0 Å². The van der Waals surface area contributed by atoms with Crippen molar-refractivity contribution in [3.8, 4) is 11.5 Å². The van der Waals surface area contributed by atoms with Gasteiger partial charge in [-0.25, -0.2) is 0 Å². The Labute approximate surface area is 196 Å². The second-order valence-electron chi connectivity index (χ2n) is 9.12. The van der Waals surface area contributed by atoms with Crippen molar-refractivity contribution in [3.05, 3.63) is 95.1 Å². The molecule has 0 fully saturated rings. The van der Waals surface area contributed by atoms with Gasteiger partial charge in [0, 0.05) is 22.3 Å². The van der Waals surface area contributed by atoms with Gasteiger partial charge in [-0.1, -0.05) is 75.2 Å². The van der Waals surface area contributed by atoms with Crippen LogP contribution in [0.1, 0.15) is 47.8 Å². The molecule has 0 bridgehead atoms. The highest BCUT2D eigenvalue weighted by Gasteiger charge is 2.42. The van der Waals surface area contributed by atoms with E-state index in [0.29, 0.717) is 22.3 Å². The molecule has 0 unspecified atom stereocenters. The van der Waals surface area contributed by atoms with Gasteiger partial charge in [0.1, 0.15) is 8.07 Å². The van der Waals surface area contributed by atoms with Crippen molar-refractivity contribution >= 4 is 35.4 Å². The topological polar surface area (TPSA) is 37.3 Å². The number of rotatable bonds is 3. The Bertz CT molecular complexity index is 1370. The fraction of sp³-hybridized carbons (Fsp3) is 0.233. The molecule has 0 amide bonds. The van der Waals surface area contributed by atoms with Crippen molar-refractivity contribution in [2.75, 3.05) is 0 Å². The van der Waals surface area contributed by atoms with Crippen LogP contribution in [0.3, 0.4) is 0 Å². The maximum atomic E-state index is 13.7. The van der Waals surface area contributed by atoms with Gasteiger partial charge in [-0.2, -0.15) is 0 Å². The number of hydrogen-bond donors (Lipinski definition) is 1. The van der Waals surface area contributed by atoms with Crippen LogP contribution in [0.25, 0.3) is 21.5 Å². The normalized spacial score (nSPS) is 14.5. The summed E-state index contributed by atoms with van der Waals surface area (Å²) in [6.07, 6.45) is 0. The molecule has 0 radical (unpaired) electrons. The summed E-state index contributed by atoms with van der Waals surface area (Å²) in [4.78, 5) is 13.7. The minimum Gasteiger partial charge on any atom is -0.369 e. The predicted octanol–water partition coefficient (Wildman–Crippen LogP) is 6.82. The highest BCUT2D eigenvalue weighted by molar-refractivity contribution is 6.87. The molecular formula is C30H28O2Si. The Morgan fingerprint density at radius 3 is 1.52 bits per heavy atom. The van der Waals surface area contributed by atoms with Gasteiger partial charge < -0.3 is 5.11 Å². The first-order valence-electron chi connectivity index (χ1n) is 11.8. The number of fused-ring (bicyclic) bond motifs is 4. The molecule has 0 saturated heterocycles. The molecule has 0 atom stereocenters. The van der Waals surface area contributed by atoms with E-state index in [1.54, 1.807) is 0 Å². The highest BCUT2D eigenvalue weighted by atomic mass is 28.3. The largest absolute Gasteiger partial charge is 0.369 e. The molecule has 1 aliphatic carbocycles. The number of carbonyl (C=O) groups is 1. The lowest BCUT2D eigenvalue weighted by molar-refractivity contribution is 0.0981. The number of ketones is 1. The predicted molar refractivity (Wildman–Crippen MR) is 139 cm³/mol. The number of hydrogen-bond acceptors (Lipinski definition) is 2. The molecule has 1 N–H and O–H groups in total. The van der Waals surface area contributed by atoms with Gasteiger partial charge in [0.15, 0.2) is 11.4 Å². The molecule has 3 heteroatoms. The molecule has 0 saturated carbocycles. The second kappa shape index (κ2) is 7.99. The van der Waals surface area contributed by atoms with E-state index in [4.69, 9.17) is 0 Å². The fourth-order valence-corrected chi connectivity index (χ4v) is 7.59. The molecule has 4 aromatic carbocycles. The van der Waals surface area contributed by atoms with Crippen LogP contribution in [0.4, 0.5) is 0 Å². The van der Waals surface area contributed by atoms with Crippen molar-refractivity contribution in [2.24, 2.45) is 0 Å². The molecule has 33 heavy (non-hydrogen) atoms. The summed E-state index contributed by atoms with van der Waals surface area (Å²) >= 11 is 0. The van der Waals surface area contributed by atoms with Crippen LogP contribution >= 0.6 is 0 Å². The van der Waals surface area contributed by atoms with Gasteiger partial charge in [0.2, 0.25) is 0 Å². The first kappa shape index (κ1) is 21.6. The zero-order valence-corrected chi connectivity index (χ0v) is 20.4. The van der Waals surface area contributed by atoms with Crippen molar-refractivity contribution in [2.45, 2.75) is 44.5 Å². The minimum atomic E-state index is -1.82. The van der Waals surface area contributed by atoms with Gasteiger partial charge in [-0.05, 0) is 63.9 Å². The quantitative estimate of drug-likeness (QED) is 0.276. The zero-order valence-electron chi connectivity index (χ0n) is 19.4. The molecule has 0 spiro atoms. The SMILES string of the molecule is CC[Si](C#CC1(O)c2cc3ccccc3cc2C(=O)c2cc3ccccc3cc21)(CC)CC. The summed E-state index contributed by atoms with van der Waals surface area (Å²) in [6, 6.07) is 26.9. The van der Waals surface area contributed by atoms with E-state index in [0.717, 1.165) is 39.7 Å². The molecule has 4 aromatic rings. The Balaban J connectivity index is 1.86. The third-order valence-corrected chi connectivity index (χ3v) is 12.3. The van der Waals surface area contributed by atoms with Crippen LogP contribution in [0.5, 0.6) is 0 Å². The van der Waals surface area contributed by atoms with Crippen LogP contribution in [-0.4, -0.2) is 19.0 Å². The Morgan fingerprint density at radius 1 is 0.727 bits per heavy atom. The van der Waals surface area contributed by atoms with Gasteiger partial charge in [-0.3, -0.25) is 4.79 Å². The lowest BCUT2D eigenvalue weighted by Gasteiger charge is -2.33. The zero-order chi connectivity index (χ0) is 23.2. The van der Waals surface area contributed by atoms with E-state index in [1.807, 2.05) is 72.8 Å². The Kier molecular flexibility index (Phi) is 5.24. The Hall–Kier alpha value is -3.19. The fourth-order valence-electron chi connectivity index (χ4n) is 5.12. The first-order chi connectivity index (χ1) is 15.9. The Morgan fingerprint density at radius 2 is 1.12 bits per heavy atom. The lowest BCUT2D eigenvalue weighted by Crippen LogP contribution is -2.36. The molecular weight excluding hydrogens is 420 g/mol. The van der Waals surface area contributed by atoms with E-state index < -0.39 is 13.7 Å². The third-order valence-electron chi connectivity index (χ3n) is 7.58. The smallest absolute Gasteiger partial charge is 0.193 e. The van der Waals surface area contributed by atoms with E-state index in [2.05, 4.69) is 32.2 Å².